The minimum atomic E-state index is -0.256. The summed E-state index contributed by atoms with van der Waals surface area (Å²) in [6.07, 6.45) is 3.39. The van der Waals surface area contributed by atoms with Crippen molar-refractivity contribution >= 4 is 6.08 Å². The summed E-state index contributed by atoms with van der Waals surface area (Å²) < 4.78 is 18.4. The fourth-order valence-electron chi connectivity index (χ4n) is 1.29. The van der Waals surface area contributed by atoms with Crippen LogP contribution in [-0.4, -0.2) is 13.7 Å². The molecule has 0 radical (unpaired) electrons. The van der Waals surface area contributed by atoms with Crippen molar-refractivity contribution in [2.45, 2.75) is 6.92 Å². The third kappa shape index (κ3) is 2.12. The van der Waals surface area contributed by atoms with Gasteiger partial charge < -0.3 is 10.5 Å². The van der Waals surface area contributed by atoms with Gasteiger partial charge in [0.05, 0.1) is 7.11 Å². The second-order valence-corrected chi connectivity index (χ2v) is 2.93. The zero-order valence-corrected chi connectivity index (χ0v) is 8.38. The molecular formula is C11H14FNO. The van der Waals surface area contributed by atoms with Crippen LogP contribution in [-0.2, 0) is 0 Å². The monoisotopic (exact) mass is 195 g/mol. The van der Waals surface area contributed by atoms with E-state index in [4.69, 9.17) is 10.5 Å². The lowest BCUT2D eigenvalue weighted by atomic mass is 10.1. The quantitative estimate of drug-likeness (QED) is 0.801. The van der Waals surface area contributed by atoms with E-state index in [9.17, 15) is 4.39 Å². The van der Waals surface area contributed by atoms with Crippen molar-refractivity contribution in [3.8, 4) is 5.75 Å². The summed E-state index contributed by atoms with van der Waals surface area (Å²) in [4.78, 5) is 0. The lowest BCUT2D eigenvalue weighted by molar-refractivity contribution is 0.410. The van der Waals surface area contributed by atoms with E-state index in [0.29, 0.717) is 17.9 Å². The van der Waals surface area contributed by atoms with Crippen LogP contribution >= 0.6 is 0 Å². The summed E-state index contributed by atoms with van der Waals surface area (Å²) in [5, 5.41) is 0. The molecule has 0 aliphatic carbocycles. The van der Waals surface area contributed by atoms with E-state index in [0.717, 1.165) is 5.56 Å². The average Bonchev–Trinajstić information content (AvgIpc) is 2.18. The summed E-state index contributed by atoms with van der Waals surface area (Å²) in [6, 6.07) is 3.01. The fourth-order valence-corrected chi connectivity index (χ4v) is 1.29. The first-order valence-electron chi connectivity index (χ1n) is 4.40. The number of benzene rings is 1. The maximum atomic E-state index is 13.3. The predicted molar refractivity (Wildman–Crippen MR) is 55.8 cm³/mol. The predicted octanol–water partition coefficient (Wildman–Crippen LogP) is 2.11. The van der Waals surface area contributed by atoms with Gasteiger partial charge in [0, 0.05) is 17.7 Å². The first-order valence-corrected chi connectivity index (χ1v) is 4.40. The second-order valence-electron chi connectivity index (χ2n) is 2.93. The van der Waals surface area contributed by atoms with E-state index in [1.54, 1.807) is 25.3 Å². The number of hydrogen-bond acceptors (Lipinski definition) is 2. The number of methoxy groups -OCH3 is 1. The maximum absolute atomic E-state index is 13.3. The van der Waals surface area contributed by atoms with Gasteiger partial charge in [-0.3, -0.25) is 0 Å². The minimum Gasteiger partial charge on any atom is -0.496 e. The third-order valence-electron chi connectivity index (χ3n) is 2.05. The van der Waals surface area contributed by atoms with E-state index in [-0.39, 0.29) is 5.82 Å². The van der Waals surface area contributed by atoms with Crippen molar-refractivity contribution in [3.05, 3.63) is 35.2 Å². The molecule has 2 N–H and O–H groups in total. The molecule has 14 heavy (non-hydrogen) atoms. The second kappa shape index (κ2) is 4.77. The number of hydrogen-bond donors (Lipinski definition) is 1. The van der Waals surface area contributed by atoms with Crippen molar-refractivity contribution in [3.63, 3.8) is 0 Å². The van der Waals surface area contributed by atoms with E-state index < -0.39 is 0 Å². The zero-order chi connectivity index (χ0) is 10.6. The molecule has 1 aromatic rings. The Balaban J connectivity index is 3.18. The molecule has 3 heteroatoms. The normalized spacial score (nSPS) is 10.9. The Kier molecular flexibility index (Phi) is 3.65. The molecule has 0 saturated carbocycles. The molecule has 0 saturated heterocycles. The highest BCUT2D eigenvalue weighted by Gasteiger charge is 2.06. The topological polar surface area (TPSA) is 35.2 Å². The molecule has 0 fully saturated rings. The van der Waals surface area contributed by atoms with Crippen LogP contribution in [0.1, 0.15) is 11.1 Å². The van der Waals surface area contributed by atoms with Gasteiger partial charge in [-0.25, -0.2) is 4.39 Å². The highest BCUT2D eigenvalue weighted by molar-refractivity contribution is 5.58. The smallest absolute Gasteiger partial charge is 0.130 e. The Morgan fingerprint density at radius 3 is 2.79 bits per heavy atom. The standard InChI is InChI=1S/C11H14FNO/c1-8-9(4-3-7-13)10(12)5-6-11(8)14-2/h3-6H,7,13H2,1-2H3/b4-3+. The lowest BCUT2D eigenvalue weighted by Crippen LogP contribution is -1.95. The van der Waals surface area contributed by atoms with Crippen molar-refractivity contribution in [1.29, 1.82) is 0 Å². The molecule has 0 bridgehead atoms. The van der Waals surface area contributed by atoms with Gasteiger partial charge in [-0.2, -0.15) is 0 Å². The molecule has 0 unspecified atom stereocenters. The van der Waals surface area contributed by atoms with Gasteiger partial charge >= 0.3 is 0 Å². The SMILES string of the molecule is COc1ccc(F)c(/C=C/CN)c1C. The molecule has 0 aliphatic rings. The van der Waals surface area contributed by atoms with Crippen molar-refractivity contribution in [1.82, 2.24) is 0 Å². The zero-order valence-electron chi connectivity index (χ0n) is 8.38. The Morgan fingerprint density at radius 2 is 2.21 bits per heavy atom. The molecule has 0 spiro atoms. The van der Waals surface area contributed by atoms with Crippen LogP contribution in [0.25, 0.3) is 6.08 Å². The first-order chi connectivity index (χ1) is 6.70. The number of ether oxygens (including phenoxy) is 1. The van der Waals surface area contributed by atoms with Crippen LogP contribution in [0.3, 0.4) is 0 Å². The molecular weight excluding hydrogens is 181 g/mol. The first kappa shape index (κ1) is 10.7. The largest absolute Gasteiger partial charge is 0.496 e. The molecule has 0 heterocycles. The lowest BCUT2D eigenvalue weighted by Gasteiger charge is -2.08. The van der Waals surface area contributed by atoms with Crippen molar-refractivity contribution in [2.24, 2.45) is 5.73 Å². The number of rotatable bonds is 3. The number of nitrogens with two attached hydrogens (primary N) is 1. The van der Waals surface area contributed by atoms with E-state index in [2.05, 4.69) is 0 Å². The third-order valence-corrected chi connectivity index (χ3v) is 2.05. The molecule has 0 aromatic heterocycles. The maximum Gasteiger partial charge on any atom is 0.130 e. The van der Waals surface area contributed by atoms with Crippen LogP contribution in [0.4, 0.5) is 4.39 Å². The summed E-state index contributed by atoms with van der Waals surface area (Å²) in [7, 11) is 1.57. The van der Waals surface area contributed by atoms with Crippen LogP contribution in [0.5, 0.6) is 5.75 Å². The molecule has 1 aromatic carbocycles. The van der Waals surface area contributed by atoms with Gasteiger partial charge in [0.2, 0.25) is 0 Å². The molecule has 0 amide bonds. The van der Waals surface area contributed by atoms with Crippen LogP contribution < -0.4 is 10.5 Å². The van der Waals surface area contributed by atoms with E-state index >= 15 is 0 Å². The Labute approximate surface area is 83.2 Å². The highest BCUT2D eigenvalue weighted by atomic mass is 19.1. The van der Waals surface area contributed by atoms with Crippen molar-refractivity contribution < 1.29 is 9.13 Å². The van der Waals surface area contributed by atoms with Gasteiger partial charge in [0.15, 0.2) is 0 Å². The van der Waals surface area contributed by atoms with Gasteiger partial charge in [-0.05, 0) is 19.1 Å². The molecule has 76 valence electrons. The van der Waals surface area contributed by atoms with Gasteiger partial charge in [0.1, 0.15) is 11.6 Å². The van der Waals surface area contributed by atoms with Crippen LogP contribution in [0.2, 0.25) is 0 Å². The van der Waals surface area contributed by atoms with Crippen LogP contribution in [0.15, 0.2) is 18.2 Å². The van der Waals surface area contributed by atoms with Gasteiger partial charge in [-0.1, -0.05) is 12.2 Å². The highest BCUT2D eigenvalue weighted by Crippen LogP contribution is 2.24. The van der Waals surface area contributed by atoms with Crippen molar-refractivity contribution in [2.75, 3.05) is 13.7 Å². The molecule has 2 nitrogen and oxygen atoms in total. The Hall–Kier alpha value is -1.35. The summed E-state index contributed by atoms with van der Waals surface area (Å²) in [6.45, 7) is 2.22. The van der Waals surface area contributed by atoms with E-state index in [1.165, 1.54) is 6.07 Å². The van der Waals surface area contributed by atoms with E-state index in [1.807, 2.05) is 6.92 Å². The number of halogens is 1. The summed E-state index contributed by atoms with van der Waals surface area (Å²) >= 11 is 0. The van der Waals surface area contributed by atoms with Gasteiger partial charge in [0.25, 0.3) is 0 Å². The van der Waals surface area contributed by atoms with Gasteiger partial charge in [-0.15, -0.1) is 0 Å². The Morgan fingerprint density at radius 1 is 1.50 bits per heavy atom. The summed E-state index contributed by atoms with van der Waals surface area (Å²) in [5.41, 5.74) is 6.63. The average molecular weight is 195 g/mol. The Bertz CT molecular complexity index is 347. The fraction of sp³-hybridized carbons (Fsp3) is 0.273. The molecule has 1 rings (SSSR count). The molecule has 0 aliphatic heterocycles. The minimum absolute atomic E-state index is 0.256. The molecule has 0 atom stereocenters. The summed E-state index contributed by atoms with van der Waals surface area (Å²) in [5.74, 6) is 0.427. The van der Waals surface area contributed by atoms with Crippen LogP contribution in [0, 0.1) is 12.7 Å².